The van der Waals surface area contributed by atoms with Gasteiger partial charge in [0.1, 0.15) is 12.4 Å². The third kappa shape index (κ3) is 7.52. The smallest absolute Gasteiger partial charge is 0.332 e. The molecule has 40 heavy (non-hydrogen) atoms. The van der Waals surface area contributed by atoms with Crippen LogP contribution in [0.3, 0.4) is 0 Å². The minimum atomic E-state index is -5.08. The predicted octanol–water partition coefficient (Wildman–Crippen LogP) is 7.46. The molecule has 214 valence electrons. The minimum absolute atomic E-state index is 0.0300. The molecular weight excluding hydrogens is 563 g/mol. The molecule has 0 bridgehead atoms. The van der Waals surface area contributed by atoms with Gasteiger partial charge in [-0.05, 0) is 72.7 Å². The zero-order chi connectivity index (χ0) is 29.2. The van der Waals surface area contributed by atoms with Crippen LogP contribution in [0.25, 0.3) is 0 Å². The maximum atomic E-state index is 13.5. The number of aryl methyl sites for hydroxylation is 1. The molecule has 0 aliphatic heterocycles. The Labute approximate surface area is 229 Å². The molecule has 1 heterocycles. The average Bonchev–Trinajstić information content (AvgIpc) is 3.63. The van der Waals surface area contributed by atoms with Gasteiger partial charge in [-0.3, -0.25) is 4.79 Å². The van der Waals surface area contributed by atoms with Crippen molar-refractivity contribution in [2.24, 2.45) is 0 Å². The van der Waals surface area contributed by atoms with Crippen molar-refractivity contribution in [1.82, 2.24) is 9.80 Å². The molecule has 0 unspecified atom stereocenters. The Hall–Kier alpha value is -3.61. The summed E-state index contributed by atoms with van der Waals surface area (Å²) in [5.41, 5.74) is -2.24. The molecule has 1 aromatic heterocycles. The first-order chi connectivity index (χ1) is 18.7. The largest absolute Gasteiger partial charge is 0.416 e. The van der Waals surface area contributed by atoms with Gasteiger partial charge in [-0.15, -0.1) is 11.3 Å². The highest BCUT2D eigenvalue weighted by atomic mass is 32.1. The van der Waals surface area contributed by atoms with Crippen LogP contribution in [0.1, 0.15) is 40.0 Å². The quantitative estimate of drug-likeness (QED) is 0.278. The lowest BCUT2D eigenvalue weighted by Crippen LogP contribution is -2.45. The maximum Gasteiger partial charge on any atom is 0.416 e. The third-order valence-electron chi connectivity index (χ3n) is 6.34. The van der Waals surface area contributed by atoms with Gasteiger partial charge in [0.2, 0.25) is 5.91 Å². The normalized spacial score (nSPS) is 13.7. The second-order valence-electron chi connectivity index (χ2n) is 9.49. The Morgan fingerprint density at radius 3 is 2.02 bits per heavy atom. The number of carbonyl (C=O) groups is 2. The number of amides is 3. The van der Waals surface area contributed by atoms with Gasteiger partial charge in [0.15, 0.2) is 0 Å². The summed E-state index contributed by atoms with van der Waals surface area (Å²) < 4.78 is 92.9. The van der Waals surface area contributed by atoms with E-state index in [0.717, 1.165) is 15.3 Å². The van der Waals surface area contributed by atoms with Crippen molar-refractivity contribution in [1.29, 1.82) is 0 Å². The number of carbonyl (C=O) groups excluding carboxylic acids is 2. The number of rotatable bonds is 8. The van der Waals surface area contributed by atoms with E-state index in [1.165, 1.54) is 40.5 Å². The van der Waals surface area contributed by atoms with Crippen molar-refractivity contribution in [3.05, 3.63) is 86.9 Å². The number of hydrogen-bond acceptors (Lipinski definition) is 3. The number of alkyl halides is 6. The van der Waals surface area contributed by atoms with Crippen LogP contribution in [0.4, 0.5) is 41.2 Å². The molecule has 1 N–H and O–H groups in total. The van der Waals surface area contributed by atoms with Crippen LogP contribution in [0.5, 0.6) is 0 Å². The van der Waals surface area contributed by atoms with E-state index in [2.05, 4.69) is 5.32 Å². The molecule has 0 saturated heterocycles. The van der Waals surface area contributed by atoms with Crippen molar-refractivity contribution in [2.75, 3.05) is 11.9 Å². The summed E-state index contributed by atoms with van der Waals surface area (Å²) in [7, 11) is 0. The van der Waals surface area contributed by atoms with E-state index in [0.29, 0.717) is 30.5 Å². The van der Waals surface area contributed by atoms with Crippen LogP contribution < -0.4 is 5.32 Å². The molecular formula is C27H24F7N3O2S. The number of benzene rings is 2. The summed E-state index contributed by atoms with van der Waals surface area (Å²) in [6.07, 6.45) is -9.10. The number of hydrogen-bond donors (Lipinski definition) is 1. The molecule has 0 atom stereocenters. The summed E-state index contributed by atoms with van der Waals surface area (Å²) in [6, 6.07) is 6.85. The number of halogens is 7. The predicted molar refractivity (Wildman–Crippen MR) is 135 cm³/mol. The molecule has 0 radical (unpaired) electrons. The Bertz CT molecular complexity index is 1330. The molecule has 5 nitrogen and oxygen atoms in total. The fraction of sp³-hybridized carbons (Fsp3) is 0.333. The zero-order valence-electron chi connectivity index (χ0n) is 21.1. The highest BCUT2D eigenvalue weighted by Crippen LogP contribution is 2.38. The van der Waals surface area contributed by atoms with Gasteiger partial charge >= 0.3 is 18.4 Å². The molecule has 2 aromatic carbocycles. The van der Waals surface area contributed by atoms with Crippen molar-refractivity contribution in [3.63, 3.8) is 0 Å². The molecule has 1 aliphatic rings. The Kier molecular flexibility index (Phi) is 8.43. The lowest BCUT2D eigenvalue weighted by molar-refractivity contribution is -0.143. The van der Waals surface area contributed by atoms with Crippen LogP contribution in [-0.4, -0.2) is 34.3 Å². The second kappa shape index (κ2) is 11.5. The highest BCUT2D eigenvalue weighted by molar-refractivity contribution is 7.10. The molecule has 1 fully saturated rings. The molecule has 3 amide bonds. The molecule has 13 heteroatoms. The first-order valence-corrected chi connectivity index (χ1v) is 13.0. The first kappa shape index (κ1) is 29.4. The number of thiophene rings is 1. The zero-order valence-corrected chi connectivity index (χ0v) is 21.9. The van der Waals surface area contributed by atoms with Gasteiger partial charge in [0, 0.05) is 23.2 Å². The molecule has 0 spiro atoms. The number of nitrogens with one attached hydrogen (secondary N) is 1. The van der Waals surface area contributed by atoms with E-state index in [-0.39, 0.29) is 19.2 Å². The summed E-state index contributed by atoms with van der Waals surface area (Å²) in [5.74, 6) is -0.935. The molecule has 1 saturated carbocycles. The second-order valence-corrected chi connectivity index (χ2v) is 10.5. The van der Waals surface area contributed by atoms with Gasteiger partial charge in [0.25, 0.3) is 0 Å². The molecule has 1 aliphatic carbocycles. The van der Waals surface area contributed by atoms with Crippen molar-refractivity contribution >= 4 is 29.0 Å². The van der Waals surface area contributed by atoms with E-state index >= 15 is 0 Å². The van der Waals surface area contributed by atoms with Crippen LogP contribution in [0.15, 0.2) is 53.9 Å². The Balaban J connectivity index is 1.56. The van der Waals surface area contributed by atoms with E-state index in [1.807, 2.05) is 18.4 Å². The monoisotopic (exact) mass is 587 g/mol. The van der Waals surface area contributed by atoms with Gasteiger partial charge in [-0.2, -0.15) is 26.3 Å². The van der Waals surface area contributed by atoms with Crippen LogP contribution >= 0.6 is 11.3 Å². The van der Waals surface area contributed by atoms with E-state index in [9.17, 15) is 40.3 Å². The standard InChI is InChI=1S/C27H24F7N3O2S/c1-16-8-9-40-23(16)14-36(13-17-2-4-20(28)5-3-17)24(38)15-37(22-6-7-22)25(39)35-21-11-18(26(29,30)31)10-19(12-21)27(32,33)34/h2-5,8-12,22H,6-7,13-15H2,1H3,(H,35,39). The first-order valence-electron chi connectivity index (χ1n) is 12.1. The molecule has 4 rings (SSSR count). The summed E-state index contributed by atoms with van der Waals surface area (Å²) >= 11 is 1.43. The van der Waals surface area contributed by atoms with Crippen LogP contribution in [-0.2, 0) is 30.2 Å². The van der Waals surface area contributed by atoms with Crippen LogP contribution in [0, 0.1) is 12.7 Å². The fourth-order valence-corrected chi connectivity index (χ4v) is 4.92. The van der Waals surface area contributed by atoms with E-state index in [4.69, 9.17) is 0 Å². The fourth-order valence-electron chi connectivity index (χ4n) is 4.00. The van der Waals surface area contributed by atoms with Crippen molar-refractivity contribution in [3.8, 4) is 0 Å². The third-order valence-corrected chi connectivity index (χ3v) is 7.34. The van der Waals surface area contributed by atoms with Crippen LogP contribution in [0.2, 0.25) is 0 Å². The van der Waals surface area contributed by atoms with E-state index in [1.54, 1.807) is 0 Å². The van der Waals surface area contributed by atoms with Gasteiger partial charge in [-0.25, -0.2) is 9.18 Å². The lowest BCUT2D eigenvalue weighted by Gasteiger charge is -2.28. The topological polar surface area (TPSA) is 52.7 Å². The van der Waals surface area contributed by atoms with Crippen molar-refractivity contribution in [2.45, 2.75) is 51.2 Å². The summed E-state index contributed by atoms with van der Waals surface area (Å²) in [5, 5.41) is 3.98. The molecule has 3 aromatic rings. The number of urea groups is 1. The van der Waals surface area contributed by atoms with Gasteiger partial charge in [-0.1, -0.05) is 12.1 Å². The lowest BCUT2D eigenvalue weighted by atomic mass is 10.1. The average molecular weight is 588 g/mol. The van der Waals surface area contributed by atoms with Crippen molar-refractivity contribution < 1.29 is 40.3 Å². The Morgan fingerprint density at radius 1 is 0.925 bits per heavy atom. The maximum absolute atomic E-state index is 13.5. The number of nitrogens with zero attached hydrogens (tertiary/aromatic N) is 2. The van der Waals surface area contributed by atoms with Gasteiger partial charge in [0.05, 0.1) is 17.7 Å². The summed E-state index contributed by atoms with van der Waals surface area (Å²) in [6.45, 7) is 1.72. The SMILES string of the molecule is Cc1ccsc1CN(Cc1ccc(F)cc1)C(=O)CN(C(=O)Nc1cc(C(F)(F)F)cc(C(F)(F)F)c1)C1CC1. The highest BCUT2D eigenvalue weighted by Gasteiger charge is 2.38. The summed E-state index contributed by atoms with van der Waals surface area (Å²) in [4.78, 5) is 30.0. The number of anilines is 1. The Morgan fingerprint density at radius 2 is 1.52 bits per heavy atom. The van der Waals surface area contributed by atoms with E-state index < -0.39 is 59.5 Å². The van der Waals surface area contributed by atoms with Gasteiger partial charge < -0.3 is 15.1 Å². The minimum Gasteiger partial charge on any atom is -0.332 e.